The van der Waals surface area contributed by atoms with Gasteiger partial charge in [0.25, 0.3) is 0 Å². The summed E-state index contributed by atoms with van der Waals surface area (Å²) in [5.41, 5.74) is 3.58. The Morgan fingerprint density at radius 1 is 0.833 bits per heavy atom. The summed E-state index contributed by atoms with van der Waals surface area (Å²) in [5, 5.41) is 19.9. The number of fused-ring (bicyclic) bond motifs is 4. The minimum atomic E-state index is -1.15. The van der Waals surface area contributed by atoms with Crippen LogP contribution in [0.4, 0.5) is 0 Å². The molecule has 3 aromatic carbocycles. The maximum Gasteiger partial charge on any atom is 0.339 e. The van der Waals surface area contributed by atoms with Crippen LogP contribution in [-0.4, -0.2) is 31.1 Å². The zero-order valence-electron chi connectivity index (χ0n) is 25.0. The molecular weight excluding hydrogens is 538 g/mol. The normalized spacial score (nSPS) is 20.5. The predicted molar refractivity (Wildman–Crippen MR) is 152 cm³/mol. The van der Waals surface area contributed by atoms with Gasteiger partial charge in [-0.25, -0.2) is 4.79 Å². The van der Waals surface area contributed by atoms with E-state index in [1.165, 1.54) is 0 Å². The van der Waals surface area contributed by atoms with Crippen LogP contribution in [0, 0.1) is 25.2 Å². The highest BCUT2D eigenvalue weighted by atomic mass is 16.7. The summed E-state index contributed by atoms with van der Waals surface area (Å²) in [6, 6.07) is 9.83. The summed E-state index contributed by atoms with van der Waals surface area (Å²) in [4.78, 5) is 12.2. The Balaban J connectivity index is 1.45. The highest BCUT2D eigenvalue weighted by Gasteiger charge is 2.52. The molecule has 1 unspecified atom stereocenters. The fourth-order valence-electron chi connectivity index (χ4n) is 6.69. The number of hydrogen-bond donors (Lipinski definition) is 1. The Morgan fingerprint density at radius 3 is 1.93 bits per heavy atom. The molecule has 1 atom stereocenters. The van der Waals surface area contributed by atoms with Crippen molar-refractivity contribution in [3.05, 3.63) is 68.8 Å². The number of aromatic carboxylic acids is 1. The van der Waals surface area contributed by atoms with E-state index in [9.17, 15) is 15.2 Å². The SMILES string of the molecule is COc1cc2c(cc1OC)C(C)(C)OC1(C2)Cc2cc3c(cc2C(C)(C)O1)Oc1c(c(C#N)c(C)c(C)c1C(=O)O)O3. The van der Waals surface area contributed by atoms with Gasteiger partial charge in [-0.05, 0) is 99.2 Å². The number of ether oxygens (including phenoxy) is 6. The van der Waals surface area contributed by atoms with E-state index in [2.05, 4.69) is 6.07 Å². The molecule has 3 aliphatic rings. The minimum Gasteiger partial charge on any atom is -0.493 e. The lowest BCUT2D eigenvalue weighted by atomic mass is 9.79. The Hall–Kier alpha value is -4.26. The van der Waals surface area contributed by atoms with E-state index in [1.807, 2.05) is 52.0 Å². The van der Waals surface area contributed by atoms with E-state index in [-0.39, 0.29) is 22.6 Å². The summed E-state index contributed by atoms with van der Waals surface area (Å²) in [7, 11) is 3.23. The highest BCUT2D eigenvalue weighted by Crippen LogP contribution is 2.55. The van der Waals surface area contributed by atoms with Crippen molar-refractivity contribution >= 4 is 5.97 Å². The Morgan fingerprint density at radius 2 is 1.36 bits per heavy atom. The first-order chi connectivity index (χ1) is 19.7. The summed E-state index contributed by atoms with van der Waals surface area (Å²) < 4.78 is 37.2. The number of hydrogen-bond acceptors (Lipinski definition) is 8. The Labute approximate surface area is 244 Å². The van der Waals surface area contributed by atoms with E-state index in [1.54, 1.807) is 28.1 Å². The molecule has 0 fully saturated rings. The predicted octanol–water partition coefficient (Wildman–Crippen LogP) is 6.80. The zero-order chi connectivity index (χ0) is 30.4. The lowest BCUT2D eigenvalue weighted by Crippen LogP contribution is -2.55. The summed E-state index contributed by atoms with van der Waals surface area (Å²) >= 11 is 0. The molecule has 0 aromatic heterocycles. The molecule has 9 heteroatoms. The molecule has 0 saturated heterocycles. The number of carboxylic acid groups (broad SMARTS) is 1. The van der Waals surface area contributed by atoms with Crippen LogP contribution < -0.4 is 18.9 Å². The maximum atomic E-state index is 12.2. The number of methoxy groups -OCH3 is 2. The van der Waals surface area contributed by atoms with Gasteiger partial charge in [0, 0.05) is 12.8 Å². The lowest BCUT2D eigenvalue weighted by Gasteiger charge is -2.52. The molecule has 0 bridgehead atoms. The fourth-order valence-corrected chi connectivity index (χ4v) is 6.69. The van der Waals surface area contributed by atoms with Crippen molar-refractivity contribution in [2.45, 2.75) is 71.4 Å². The van der Waals surface area contributed by atoms with Crippen LogP contribution in [0.1, 0.15) is 77.0 Å². The number of benzene rings is 3. The van der Waals surface area contributed by atoms with Crippen LogP contribution in [0.2, 0.25) is 0 Å². The van der Waals surface area contributed by atoms with Gasteiger partial charge in [0.2, 0.25) is 0 Å². The van der Waals surface area contributed by atoms with Crippen LogP contribution in [0.5, 0.6) is 34.5 Å². The molecule has 42 heavy (non-hydrogen) atoms. The van der Waals surface area contributed by atoms with Gasteiger partial charge in [-0.1, -0.05) is 0 Å². The molecule has 3 aliphatic heterocycles. The van der Waals surface area contributed by atoms with Crippen LogP contribution >= 0.6 is 0 Å². The third kappa shape index (κ3) is 4.01. The molecule has 218 valence electrons. The standard InChI is InChI=1S/C33H33NO8/c1-16-17(2)27(30(35)36)29-28(20(16)15-34)39-25-10-19-14-33(42-32(5,6)22(19)12-26(25)40-29)13-18-9-23(37-7)24(38-8)11-21(18)31(3,4)41-33/h9-12H,13-14H2,1-8H3,(H,35,36). The molecule has 3 aromatic rings. The van der Waals surface area contributed by atoms with Crippen molar-refractivity contribution in [1.82, 2.24) is 0 Å². The summed E-state index contributed by atoms with van der Waals surface area (Å²) in [6.45, 7) is 11.3. The average molecular weight is 572 g/mol. The molecule has 1 spiro atoms. The third-order valence-corrected chi connectivity index (χ3v) is 8.60. The van der Waals surface area contributed by atoms with Crippen LogP contribution in [0.25, 0.3) is 0 Å². The number of nitrogens with zero attached hydrogens (tertiary/aromatic N) is 1. The Kier molecular flexibility index (Phi) is 6.05. The number of carbonyl (C=O) groups is 1. The first-order valence-electron chi connectivity index (χ1n) is 13.7. The van der Waals surface area contributed by atoms with Gasteiger partial charge in [0.15, 0.2) is 40.3 Å². The molecule has 9 nitrogen and oxygen atoms in total. The number of rotatable bonds is 3. The van der Waals surface area contributed by atoms with Crippen LogP contribution in [-0.2, 0) is 33.5 Å². The second-order valence-electron chi connectivity index (χ2n) is 12.1. The first kappa shape index (κ1) is 27.9. The first-order valence-corrected chi connectivity index (χ1v) is 13.7. The monoisotopic (exact) mass is 571 g/mol. The highest BCUT2D eigenvalue weighted by molar-refractivity contribution is 5.95. The molecular formula is C33H33NO8. The van der Waals surface area contributed by atoms with E-state index in [0.717, 1.165) is 22.3 Å². The zero-order valence-corrected chi connectivity index (χ0v) is 25.0. The van der Waals surface area contributed by atoms with Gasteiger partial charge in [-0.15, -0.1) is 0 Å². The molecule has 0 amide bonds. The van der Waals surface area contributed by atoms with Gasteiger partial charge in [0.1, 0.15) is 17.2 Å². The largest absolute Gasteiger partial charge is 0.493 e. The lowest BCUT2D eigenvalue weighted by molar-refractivity contribution is -0.335. The number of carboxylic acids is 1. The summed E-state index contributed by atoms with van der Waals surface area (Å²) in [5.74, 6) is 0.0152. The topological polar surface area (TPSA) is 116 Å². The quantitative estimate of drug-likeness (QED) is 0.283. The number of nitriles is 1. The van der Waals surface area contributed by atoms with Gasteiger partial charge in [-0.3, -0.25) is 0 Å². The van der Waals surface area contributed by atoms with Gasteiger partial charge in [-0.2, -0.15) is 5.26 Å². The molecule has 6 rings (SSSR count). The van der Waals surface area contributed by atoms with Crippen molar-refractivity contribution in [2.75, 3.05) is 14.2 Å². The van der Waals surface area contributed by atoms with E-state index < -0.39 is 23.0 Å². The minimum absolute atomic E-state index is 0.0251. The van der Waals surface area contributed by atoms with Crippen molar-refractivity contribution in [3.8, 4) is 40.6 Å². The van der Waals surface area contributed by atoms with Gasteiger partial charge < -0.3 is 33.5 Å². The van der Waals surface area contributed by atoms with E-state index >= 15 is 0 Å². The van der Waals surface area contributed by atoms with Crippen molar-refractivity contribution in [1.29, 1.82) is 5.26 Å². The molecule has 0 aliphatic carbocycles. The molecule has 1 N–H and O–H groups in total. The molecule has 3 heterocycles. The molecule has 0 radical (unpaired) electrons. The second-order valence-corrected chi connectivity index (χ2v) is 12.1. The smallest absolute Gasteiger partial charge is 0.339 e. The molecule has 0 saturated carbocycles. The van der Waals surface area contributed by atoms with Crippen molar-refractivity contribution < 1.29 is 38.3 Å². The van der Waals surface area contributed by atoms with E-state index in [0.29, 0.717) is 47.0 Å². The summed E-state index contributed by atoms with van der Waals surface area (Å²) in [6.07, 6.45) is 0.899. The van der Waals surface area contributed by atoms with Crippen molar-refractivity contribution in [2.24, 2.45) is 0 Å². The second kappa shape index (κ2) is 9.12. The van der Waals surface area contributed by atoms with Crippen LogP contribution in [0.15, 0.2) is 24.3 Å². The fraction of sp³-hybridized carbons (Fsp3) is 0.394. The van der Waals surface area contributed by atoms with Crippen molar-refractivity contribution in [3.63, 3.8) is 0 Å². The van der Waals surface area contributed by atoms with Gasteiger partial charge >= 0.3 is 5.97 Å². The average Bonchev–Trinajstić information content (AvgIpc) is 2.90. The Bertz CT molecular complexity index is 1730. The maximum absolute atomic E-state index is 12.2. The third-order valence-electron chi connectivity index (χ3n) is 8.60. The van der Waals surface area contributed by atoms with Gasteiger partial charge in [0.05, 0.1) is 25.4 Å². The van der Waals surface area contributed by atoms with Crippen LogP contribution in [0.3, 0.4) is 0 Å². The van der Waals surface area contributed by atoms with E-state index in [4.69, 9.17) is 28.4 Å².